The van der Waals surface area contributed by atoms with Crippen LogP contribution in [0.25, 0.3) is 0 Å². The highest BCUT2D eigenvalue weighted by Crippen LogP contribution is 2.43. The van der Waals surface area contributed by atoms with Crippen molar-refractivity contribution < 1.29 is 50.4 Å². The Hall–Kier alpha value is -3.10. The maximum Gasteiger partial charge on any atom is 0.522 e. The lowest BCUT2D eigenvalue weighted by Gasteiger charge is -2.29. The summed E-state index contributed by atoms with van der Waals surface area (Å²) in [6, 6.07) is -1.79. The summed E-state index contributed by atoms with van der Waals surface area (Å²) in [4.78, 5) is 52.3. The Morgan fingerprint density at radius 1 is 1.24 bits per heavy atom. The first-order chi connectivity index (χ1) is 17.4. The van der Waals surface area contributed by atoms with Crippen LogP contribution >= 0.6 is 0 Å². The number of nitrogens with zero attached hydrogens (tertiary/aromatic N) is 2. The molecule has 1 aromatic heterocycles. The number of carbonyl (C=O) groups is 4. The van der Waals surface area contributed by atoms with Crippen molar-refractivity contribution in [2.45, 2.75) is 57.0 Å². The molecule has 204 valence electrons. The van der Waals surface area contributed by atoms with Crippen LogP contribution < -0.4 is 10.6 Å². The van der Waals surface area contributed by atoms with E-state index < -0.39 is 72.4 Å². The molecule has 3 amide bonds. The molecule has 5 atom stereocenters. The van der Waals surface area contributed by atoms with Crippen LogP contribution in [0.5, 0.6) is 0 Å². The van der Waals surface area contributed by atoms with E-state index in [-0.39, 0.29) is 24.8 Å². The van der Waals surface area contributed by atoms with Gasteiger partial charge in [-0.25, -0.2) is 8.78 Å². The molecule has 3 aliphatic rings. The summed E-state index contributed by atoms with van der Waals surface area (Å²) in [6.45, 7) is -0.902. The number of ketones is 1. The normalized spacial score (nSPS) is 26.3. The third kappa shape index (κ3) is 6.08. The molecular formula is C22H25F5N4O6. The predicted octanol–water partition coefficient (Wildman–Crippen LogP) is 1.97. The van der Waals surface area contributed by atoms with E-state index in [1.807, 2.05) is 0 Å². The summed E-state index contributed by atoms with van der Waals surface area (Å²) in [5.41, 5.74) is -0.415. The van der Waals surface area contributed by atoms with Gasteiger partial charge in [0.2, 0.25) is 17.6 Å². The fourth-order valence-electron chi connectivity index (χ4n) is 5.43. The molecule has 10 nitrogen and oxygen atoms in total. The minimum absolute atomic E-state index is 0.0653. The molecule has 1 saturated carbocycles. The highest BCUT2D eigenvalue weighted by Gasteiger charge is 2.50. The number of hydrogen-bond donors (Lipinski definition) is 2. The van der Waals surface area contributed by atoms with Crippen molar-refractivity contribution in [1.29, 1.82) is 0 Å². The highest BCUT2D eigenvalue weighted by molar-refractivity contribution is 5.98. The number of hydrogen-bond acceptors (Lipinski definition) is 7. The van der Waals surface area contributed by atoms with Gasteiger partial charge >= 0.3 is 6.36 Å². The minimum Gasteiger partial charge on any atom is -0.356 e. The lowest BCUT2D eigenvalue weighted by molar-refractivity contribution is -0.321. The second-order valence-corrected chi connectivity index (χ2v) is 9.45. The van der Waals surface area contributed by atoms with Crippen molar-refractivity contribution in [2.75, 3.05) is 19.7 Å². The first-order valence-electron chi connectivity index (χ1n) is 11.8. The monoisotopic (exact) mass is 536 g/mol. The van der Waals surface area contributed by atoms with Crippen molar-refractivity contribution in [3.05, 3.63) is 17.5 Å². The topological polar surface area (TPSA) is 131 Å². The maximum absolute atomic E-state index is 13.4. The van der Waals surface area contributed by atoms with Crippen LogP contribution in [0.2, 0.25) is 0 Å². The smallest absolute Gasteiger partial charge is 0.356 e. The third-order valence-electron chi connectivity index (χ3n) is 7.15. The molecule has 3 fully saturated rings. The van der Waals surface area contributed by atoms with E-state index >= 15 is 0 Å². The summed E-state index contributed by atoms with van der Waals surface area (Å²) >= 11 is 0. The Morgan fingerprint density at radius 2 is 2.00 bits per heavy atom. The summed E-state index contributed by atoms with van der Waals surface area (Å²) in [7, 11) is 0. The zero-order valence-electron chi connectivity index (χ0n) is 19.4. The molecule has 37 heavy (non-hydrogen) atoms. The van der Waals surface area contributed by atoms with Crippen LogP contribution in [0, 0.1) is 17.8 Å². The summed E-state index contributed by atoms with van der Waals surface area (Å²) in [5, 5.41) is 8.39. The Morgan fingerprint density at radius 3 is 2.62 bits per heavy atom. The molecule has 0 unspecified atom stereocenters. The Bertz CT molecular complexity index is 1050. The molecule has 2 saturated heterocycles. The molecule has 0 spiro atoms. The average Bonchev–Trinajstić information content (AvgIpc) is 3.60. The third-order valence-corrected chi connectivity index (χ3v) is 7.15. The number of likely N-dealkylation sites (tertiary alicyclic amines) is 1. The molecule has 1 aliphatic carbocycles. The molecule has 2 N–H and O–H groups in total. The first-order valence-corrected chi connectivity index (χ1v) is 11.8. The fraction of sp³-hybridized carbons (Fsp3) is 0.682. The van der Waals surface area contributed by atoms with E-state index in [4.69, 9.17) is 0 Å². The van der Waals surface area contributed by atoms with Crippen molar-refractivity contribution >= 4 is 23.5 Å². The lowest BCUT2D eigenvalue weighted by Crippen LogP contribution is -2.54. The number of rotatable bonds is 9. The van der Waals surface area contributed by atoms with Crippen LogP contribution in [0.4, 0.5) is 22.0 Å². The standard InChI is InChI=1S/C22H25F5N4O6/c23-18(24)16-7-14(30-37-16)21(35)31-8-11-2-1-3-12(11)17(31)20(34)29-13(6-10-4-5-28-19(10)33)15(32)9-36-22(25,26)27/h7,10-13,17-18H,1-6,8-9H2,(H,28,33)(H,29,34)/t10-,11-,12-,13-,17-/m0/s1. The van der Waals surface area contributed by atoms with Crippen molar-refractivity contribution in [2.24, 2.45) is 17.8 Å². The van der Waals surface area contributed by atoms with E-state index in [1.54, 1.807) is 0 Å². The summed E-state index contributed by atoms with van der Waals surface area (Å²) in [6.07, 6.45) is -5.91. The van der Waals surface area contributed by atoms with Gasteiger partial charge in [-0.3, -0.25) is 23.9 Å². The number of carbonyl (C=O) groups excluding carboxylic acids is 4. The molecule has 0 aromatic carbocycles. The van der Waals surface area contributed by atoms with Gasteiger partial charge in [0.05, 0.1) is 6.04 Å². The van der Waals surface area contributed by atoms with E-state index in [1.165, 1.54) is 4.90 Å². The van der Waals surface area contributed by atoms with E-state index in [0.29, 0.717) is 25.8 Å². The highest BCUT2D eigenvalue weighted by atomic mass is 19.4. The number of fused-ring (bicyclic) bond motifs is 1. The van der Waals surface area contributed by atoms with Gasteiger partial charge in [0.15, 0.2) is 11.5 Å². The number of halogens is 5. The molecule has 2 aliphatic heterocycles. The zero-order chi connectivity index (χ0) is 26.9. The number of ether oxygens (including phenoxy) is 1. The van der Waals surface area contributed by atoms with Crippen LogP contribution in [0.3, 0.4) is 0 Å². The van der Waals surface area contributed by atoms with Crippen LogP contribution in [-0.2, 0) is 19.1 Å². The SMILES string of the molecule is O=C1NCC[C@H]1C[C@H](NC(=O)[C@@H]1[C@H]2CCC[C@H]2CN1C(=O)c1cc(C(F)F)on1)C(=O)COC(F)(F)F. The van der Waals surface area contributed by atoms with Crippen molar-refractivity contribution in [1.82, 2.24) is 20.7 Å². The first kappa shape index (κ1) is 26.9. The molecule has 0 radical (unpaired) electrons. The van der Waals surface area contributed by atoms with Gasteiger partial charge in [-0.1, -0.05) is 11.6 Å². The van der Waals surface area contributed by atoms with Gasteiger partial charge in [-0.2, -0.15) is 0 Å². The Kier molecular flexibility index (Phi) is 7.80. The molecule has 3 heterocycles. The summed E-state index contributed by atoms with van der Waals surface area (Å²) < 4.78 is 71.5. The van der Waals surface area contributed by atoms with Crippen molar-refractivity contribution in [3.63, 3.8) is 0 Å². The molecular weight excluding hydrogens is 511 g/mol. The second-order valence-electron chi connectivity index (χ2n) is 9.45. The van der Waals surface area contributed by atoms with Crippen molar-refractivity contribution in [3.8, 4) is 0 Å². The fourth-order valence-corrected chi connectivity index (χ4v) is 5.43. The number of alkyl halides is 5. The largest absolute Gasteiger partial charge is 0.522 e. The van der Waals surface area contributed by atoms with E-state index in [9.17, 15) is 41.1 Å². The van der Waals surface area contributed by atoms with Gasteiger partial charge in [-0.15, -0.1) is 13.2 Å². The number of nitrogens with one attached hydrogen (secondary N) is 2. The van der Waals surface area contributed by atoms with Gasteiger partial charge in [0, 0.05) is 25.1 Å². The molecule has 4 rings (SSSR count). The lowest BCUT2D eigenvalue weighted by atomic mass is 9.92. The quantitative estimate of drug-likeness (QED) is 0.462. The second kappa shape index (κ2) is 10.7. The maximum atomic E-state index is 13.4. The van der Waals surface area contributed by atoms with Gasteiger partial charge < -0.3 is 20.1 Å². The van der Waals surface area contributed by atoms with Crippen LogP contribution in [0.1, 0.15) is 54.8 Å². The van der Waals surface area contributed by atoms with Gasteiger partial charge in [0.1, 0.15) is 12.6 Å². The van der Waals surface area contributed by atoms with Gasteiger partial charge in [-0.05, 0) is 37.5 Å². The molecule has 15 heteroatoms. The number of amides is 3. The predicted molar refractivity (Wildman–Crippen MR) is 112 cm³/mol. The Balaban J connectivity index is 1.53. The average molecular weight is 536 g/mol. The Labute approximate surface area is 207 Å². The number of aromatic nitrogens is 1. The van der Waals surface area contributed by atoms with E-state index in [2.05, 4.69) is 25.1 Å². The summed E-state index contributed by atoms with van der Waals surface area (Å²) in [5.74, 6) is -4.96. The minimum atomic E-state index is -5.07. The van der Waals surface area contributed by atoms with Crippen LogP contribution in [-0.4, -0.2) is 71.7 Å². The zero-order valence-corrected chi connectivity index (χ0v) is 19.4. The van der Waals surface area contributed by atoms with Crippen LogP contribution in [0.15, 0.2) is 10.6 Å². The molecule has 1 aromatic rings. The number of Topliss-reactive ketones (excluding diaryl/α,β-unsaturated/α-hetero) is 1. The van der Waals surface area contributed by atoms with E-state index in [0.717, 1.165) is 12.5 Å². The van der Waals surface area contributed by atoms with Gasteiger partial charge in [0.25, 0.3) is 12.3 Å². The molecule has 0 bridgehead atoms.